The van der Waals surface area contributed by atoms with E-state index in [1.165, 1.54) is 6.07 Å². The fourth-order valence-electron chi connectivity index (χ4n) is 6.64. The summed E-state index contributed by atoms with van der Waals surface area (Å²) in [4.78, 5) is 40.9. The zero-order valence-electron chi connectivity index (χ0n) is 23.1. The molecule has 0 unspecified atom stereocenters. The van der Waals surface area contributed by atoms with Crippen LogP contribution in [0.3, 0.4) is 0 Å². The van der Waals surface area contributed by atoms with Gasteiger partial charge < -0.3 is 19.9 Å². The molecular weight excluding hydrogens is 511 g/mol. The molecule has 1 aliphatic carbocycles. The molecule has 1 saturated heterocycles. The molecule has 40 heavy (non-hydrogen) atoms. The van der Waals surface area contributed by atoms with E-state index in [0.717, 1.165) is 5.69 Å². The Morgan fingerprint density at radius 1 is 1.07 bits per heavy atom. The van der Waals surface area contributed by atoms with E-state index in [-0.39, 0.29) is 36.5 Å². The summed E-state index contributed by atoms with van der Waals surface area (Å²) >= 11 is 0. The molecule has 208 valence electrons. The molecular formula is C31H33FN4O4. The maximum Gasteiger partial charge on any atom is 0.251 e. The minimum atomic E-state index is -1.74. The molecule has 2 fully saturated rings. The quantitative estimate of drug-likeness (QED) is 0.441. The van der Waals surface area contributed by atoms with E-state index in [0.29, 0.717) is 47.2 Å². The number of rotatable bonds is 6. The highest BCUT2D eigenvalue weighted by Crippen LogP contribution is 2.56. The molecule has 1 aromatic heterocycles. The molecule has 1 amide bonds. The second-order valence-electron chi connectivity index (χ2n) is 12.1. The van der Waals surface area contributed by atoms with Crippen LogP contribution in [0.15, 0.2) is 53.3 Å². The van der Waals surface area contributed by atoms with Crippen molar-refractivity contribution in [2.75, 3.05) is 18.0 Å². The number of benzene rings is 2. The number of H-pyrrole nitrogens is 1. The van der Waals surface area contributed by atoms with Gasteiger partial charge in [0.25, 0.3) is 5.91 Å². The Bertz CT molecular complexity index is 1550. The second kappa shape index (κ2) is 9.77. The summed E-state index contributed by atoms with van der Waals surface area (Å²) in [5, 5.41) is 13.3. The lowest BCUT2D eigenvalue weighted by Gasteiger charge is -2.63. The summed E-state index contributed by atoms with van der Waals surface area (Å²) < 4.78 is 20.7. The van der Waals surface area contributed by atoms with Gasteiger partial charge in [0, 0.05) is 65.5 Å². The number of fused-ring (bicyclic) bond motifs is 1. The largest absolute Gasteiger partial charge is 0.488 e. The number of alkyl halides is 1. The number of nitriles is 1. The van der Waals surface area contributed by atoms with Gasteiger partial charge in [-0.05, 0) is 42.5 Å². The van der Waals surface area contributed by atoms with E-state index >= 15 is 0 Å². The van der Waals surface area contributed by atoms with Crippen LogP contribution in [0, 0.1) is 22.2 Å². The standard InChI is InChI=1S/C31H33FN4O4/c1-29(2)27(35-26(39)19-5-8-21(9-6-19)36-15-13-31(32,18-37)14-16-36)30(3,4)28(29)40-23-11-7-20(17-33)25-22(23)10-12-24(38)34-25/h5-12,18,27-28H,13-16H2,1-4H3,(H,34,38)(H,35,39). The van der Waals surface area contributed by atoms with Crippen LogP contribution in [0.1, 0.15) is 56.5 Å². The van der Waals surface area contributed by atoms with Gasteiger partial charge in [0.15, 0.2) is 12.0 Å². The summed E-state index contributed by atoms with van der Waals surface area (Å²) in [5.74, 6) is 0.368. The number of nitrogens with one attached hydrogen (secondary N) is 2. The summed E-state index contributed by atoms with van der Waals surface area (Å²) in [5.41, 5.74) is -0.680. The van der Waals surface area contributed by atoms with Gasteiger partial charge in [-0.15, -0.1) is 0 Å². The van der Waals surface area contributed by atoms with Gasteiger partial charge in [-0.2, -0.15) is 5.26 Å². The lowest BCUT2D eigenvalue weighted by Crippen LogP contribution is -2.74. The molecule has 0 spiro atoms. The van der Waals surface area contributed by atoms with Crippen LogP contribution in [-0.2, 0) is 4.79 Å². The lowest BCUT2D eigenvalue weighted by atomic mass is 9.49. The predicted molar refractivity (Wildman–Crippen MR) is 150 cm³/mol. The summed E-state index contributed by atoms with van der Waals surface area (Å²) in [6, 6.07) is 15.6. The number of aldehydes is 1. The molecule has 0 radical (unpaired) electrons. The Kier molecular flexibility index (Phi) is 6.69. The molecule has 9 heteroatoms. The molecule has 0 atom stereocenters. The SMILES string of the molecule is CC1(C)C(NC(=O)c2ccc(N3CCC(F)(C=O)CC3)cc2)C(C)(C)C1Oc1ccc(C#N)c2[nH]c(=O)ccc12. The smallest absolute Gasteiger partial charge is 0.251 e. The first-order valence-corrected chi connectivity index (χ1v) is 13.4. The first-order valence-electron chi connectivity index (χ1n) is 13.4. The van der Waals surface area contributed by atoms with Crippen molar-refractivity contribution in [3.8, 4) is 11.8 Å². The van der Waals surface area contributed by atoms with E-state index in [4.69, 9.17) is 4.74 Å². The van der Waals surface area contributed by atoms with Gasteiger partial charge in [0.1, 0.15) is 17.9 Å². The van der Waals surface area contributed by atoms with Crippen LogP contribution in [0.5, 0.6) is 5.75 Å². The number of nitrogens with zero attached hydrogens (tertiary/aromatic N) is 2. The van der Waals surface area contributed by atoms with E-state index < -0.39 is 16.5 Å². The number of aromatic amines is 1. The number of aromatic nitrogens is 1. The minimum absolute atomic E-state index is 0.157. The number of amides is 1. The van der Waals surface area contributed by atoms with Crippen LogP contribution < -0.4 is 20.5 Å². The number of halogens is 1. The van der Waals surface area contributed by atoms with Gasteiger partial charge in [0.2, 0.25) is 5.56 Å². The number of anilines is 1. The fourth-order valence-corrected chi connectivity index (χ4v) is 6.64. The van der Waals surface area contributed by atoms with Gasteiger partial charge >= 0.3 is 0 Å². The van der Waals surface area contributed by atoms with Crippen LogP contribution in [-0.4, -0.2) is 48.1 Å². The highest BCUT2D eigenvalue weighted by molar-refractivity contribution is 5.95. The summed E-state index contributed by atoms with van der Waals surface area (Å²) in [6.45, 7) is 9.07. The van der Waals surface area contributed by atoms with Gasteiger partial charge in [0.05, 0.1) is 11.1 Å². The number of hydrogen-bond donors (Lipinski definition) is 2. The fraction of sp³-hybridized carbons (Fsp3) is 0.419. The molecule has 1 aliphatic heterocycles. The van der Waals surface area contributed by atoms with Crippen molar-refractivity contribution in [2.24, 2.45) is 10.8 Å². The molecule has 5 rings (SSSR count). The second-order valence-corrected chi connectivity index (χ2v) is 12.1. The molecule has 8 nitrogen and oxygen atoms in total. The number of piperidine rings is 1. The third-order valence-corrected chi connectivity index (χ3v) is 8.64. The van der Waals surface area contributed by atoms with Crippen molar-refractivity contribution in [3.05, 3.63) is 70.0 Å². The van der Waals surface area contributed by atoms with E-state index in [1.807, 2.05) is 44.7 Å². The average Bonchev–Trinajstić information content (AvgIpc) is 2.94. The summed E-state index contributed by atoms with van der Waals surface area (Å²) in [6.07, 6.45) is 0.461. The Labute approximate surface area is 232 Å². The third-order valence-electron chi connectivity index (χ3n) is 8.64. The average molecular weight is 545 g/mol. The maximum atomic E-state index is 14.2. The zero-order valence-corrected chi connectivity index (χ0v) is 23.1. The van der Waals surface area contributed by atoms with Crippen molar-refractivity contribution in [3.63, 3.8) is 0 Å². The Morgan fingerprint density at radius 3 is 2.33 bits per heavy atom. The number of carbonyl (C=O) groups excluding carboxylic acids is 2. The minimum Gasteiger partial charge on any atom is -0.488 e. The predicted octanol–water partition coefficient (Wildman–Crippen LogP) is 4.52. The van der Waals surface area contributed by atoms with Crippen LogP contribution in [0.2, 0.25) is 0 Å². The van der Waals surface area contributed by atoms with Crippen molar-refractivity contribution in [2.45, 2.75) is 58.4 Å². The van der Waals surface area contributed by atoms with E-state index in [9.17, 15) is 24.0 Å². The van der Waals surface area contributed by atoms with Crippen LogP contribution >= 0.6 is 0 Å². The van der Waals surface area contributed by atoms with Gasteiger partial charge in [-0.25, -0.2) is 4.39 Å². The highest BCUT2D eigenvalue weighted by Gasteiger charge is 2.64. The van der Waals surface area contributed by atoms with E-state index in [2.05, 4.69) is 16.4 Å². The first kappa shape index (κ1) is 27.4. The lowest BCUT2D eigenvalue weighted by molar-refractivity contribution is -0.163. The monoisotopic (exact) mass is 544 g/mol. The number of pyridine rings is 1. The maximum absolute atomic E-state index is 14.2. The van der Waals surface area contributed by atoms with Crippen molar-refractivity contribution in [1.29, 1.82) is 5.26 Å². The molecule has 3 aromatic rings. The number of carbonyl (C=O) groups is 2. The molecule has 2 aliphatic rings. The van der Waals surface area contributed by atoms with E-state index in [1.54, 1.807) is 30.3 Å². The van der Waals surface area contributed by atoms with Gasteiger partial charge in [-0.3, -0.25) is 14.4 Å². The number of hydrogen-bond acceptors (Lipinski definition) is 6. The van der Waals surface area contributed by atoms with Gasteiger partial charge in [-0.1, -0.05) is 27.7 Å². The number of ether oxygens (including phenoxy) is 1. The van der Waals surface area contributed by atoms with Crippen molar-refractivity contribution < 1.29 is 18.7 Å². The summed E-state index contributed by atoms with van der Waals surface area (Å²) in [7, 11) is 0. The molecule has 0 bridgehead atoms. The molecule has 1 saturated carbocycles. The Hall–Kier alpha value is -4.19. The van der Waals surface area contributed by atoms with Crippen molar-refractivity contribution >= 4 is 28.8 Å². The zero-order chi connectivity index (χ0) is 28.9. The van der Waals surface area contributed by atoms with Crippen LogP contribution in [0.25, 0.3) is 10.9 Å². The molecule has 2 aromatic carbocycles. The van der Waals surface area contributed by atoms with Crippen molar-refractivity contribution in [1.82, 2.24) is 10.3 Å². The normalized spacial score (nSPS) is 22.6. The first-order chi connectivity index (χ1) is 18.9. The Balaban J connectivity index is 1.29. The van der Waals surface area contributed by atoms with Crippen LogP contribution in [0.4, 0.5) is 10.1 Å². The third kappa shape index (κ3) is 4.61. The highest BCUT2D eigenvalue weighted by atomic mass is 19.1. The molecule has 2 N–H and O–H groups in total. The topological polar surface area (TPSA) is 115 Å². The molecule has 2 heterocycles. The Morgan fingerprint density at radius 2 is 1.73 bits per heavy atom.